The van der Waals surface area contributed by atoms with Gasteiger partial charge in [-0.2, -0.15) is 8.78 Å². The highest BCUT2D eigenvalue weighted by Crippen LogP contribution is 2.35. The molecule has 0 saturated heterocycles. The second-order valence-electron chi connectivity index (χ2n) is 4.73. The second kappa shape index (κ2) is 6.37. The zero-order chi connectivity index (χ0) is 16.4. The number of nitrogens with one attached hydrogen (secondary N) is 1. The van der Waals surface area contributed by atoms with Crippen LogP contribution in [0.15, 0.2) is 41.4 Å². The Labute approximate surface area is 141 Å². The summed E-state index contributed by atoms with van der Waals surface area (Å²) in [5, 5.41) is 3.75. The molecule has 0 bridgehead atoms. The fourth-order valence-electron chi connectivity index (χ4n) is 2.12. The van der Waals surface area contributed by atoms with Crippen LogP contribution < -0.4 is 5.32 Å². The topological polar surface area (TPSA) is 63.6 Å². The number of pyridine rings is 2. The van der Waals surface area contributed by atoms with Gasteiger partial charge >= 0.3 is 5.66 Å². The fourth-order valence-corrected chi connectivity index (χ4v) is 2.71. The van der Waals surface area contributed by atoms with Crippen molar-refractivity contribution in [1.82, 2.24) is 19.9 Å². The van der Waals surface area contributed by atoms with E-state index in [0.717, 1.165) is 4.47 Å². The molecule has 0 amide bonds. The molecule has 1 atom stereocenters. The predicted molar refractivity (Wildman–Crippen MR) is 90.2 cm³/mol. The molecule has 3 aromatic rings. The highest BCUT2D eigenvalue weighted by molar-refractivity contribution is 9.10. The zero-order valence-electron chi connectivity index (χ0n) is 11.7. The number of rotatable bonds is 4. The van der Waals surface area contributed by atoms with Crippen molar-refractivity contribution in [3.8, 4) is 0 Å². The van der Waals surface area contributed by atoms with Gasteiger partial charge in [0, 0.05) is 23.4 Å². The van der Waals surface area contributed by atoms with Crippen LogP contribution in [0.2, 0.25) is 0 Å². The summed E-state index contributed by atoms with van der Waals surface area (Å²) in [4.78, 5) is 16.2. The molecule has 5 nitrogen and oxygen atoms in total. The van der Waals surface area contributed by atoms with Gasteiger partial charge in [0.15, 0.2) is 5.65 Å². The number of anilines is 1. The lowest BCUT2D eigenvalue weighted by Gasteiger charge is -2.15. The molecule has 0 fully saturated rings. The Balaban J connectivity index is 1.92. The van der Waals surface area contributed by atoms with Gasteiger partial charge in [0.1, 0.15) is 17.8 Å². The SMILES string of the molecule is FC(F)(P)c1ncccc1CNc1ncnc2ncc(Br)cc12. The largest absolute Gasteiger partial charge is 0.365 e. The molecule has 1 unspecified atom stereocenters. The molecule has 0 aliphatic carbocycles. The van der Waals surface area contributed by atoms with Crippen molar-refractivity contribution in [2.45, 2.75) is 12.2 Å². The van der Waals surface area contributed by atoms with Crippen molar-refractivity contribution >= 4 is 42.0 Å². The van der Waals surface area contributed by atoms with Gasteiger partial charge in [0.25, 0.3) is 0 Å². The van der Waals surface area contributed by atoms with Crippen molar-refractivity contribution in [3.63, 3.8) is 0 Å². The first kappa shape index (κ1) is 16.1. The molecule has 3 heterocycles. The Kier molecular flexibility index (Phi) is 4.46. The summed E-state index contributed by atoms with van der Waals surface area (Å²) >= 11 is 3.34. The lowest BCUT2D eigenvalue weighted by atomic mass is 10.2. The molecule has 0 spiro atoms. The number of hydrogen-bond donors (Lipinski definition) is 1. The van der Waals surface area contributed by atoms with E-state index in [1.54, 1.807) is 18.3 Å². The first-order chi connectivity index (χ1) is 10.9. The maximum Gasteiger partial charge on any atom is 0.300 e. The Morgan fingerprint density at radius 1 is 1.22 bits per heavy atom. The third kappa shape index (κ3) is 3.59. The van der Waals surface area contributed by atoms with Crippen LogP contribution in [0.1, 0.15) is 11.3 Å². The highest BCUT2D eigenvalue weighted by Gasteiger charge is 2.29. The van der Waals surface area contributed by atoms with Crippen molar-refractivity contribution in [2.24, 2.45) is 0 Å². The Bertz CT molecular complexity index is 856. The van der Waals surface area contributed by atoms with Crippen LogP contribution in [-0.2, 0) is 12.2 Å². The summed E-state index contributed by atoms with van der Waals surface area (Å²) in [6.45, 7) is 0.159. The standard InChI is InChI=1S/C14H11BrF2N5P/c15-9-4-10-12(21-7-22-13(10)20-6-9)19-5-8-2-1-3-18-11(8)14(16,17)23/h1-4,6-7H,5,23H2,(H,19,20,21,22). The van der Waals surface area contributed by atoms with Crippen LogP contribution in [0, 0.1) is 0 Å². The van der Waals surface area contributed by atoms with E-state index in [1.807, 2.05) is 6.07 Å². The number of alkyl halides is 2. The average Bonchev–Trinajstić information content (AvgIpc) is 2.52. The summed E-state index contributed by atoms with van der Waals surface area (Å²) in [7, 11) is 1.51. The average molecular weight is 398 g/mol. The van der Waals surface area contributed by atoms with Crippen LogP contribution in [-0.4, -0.2) is 19.9 Å². The van der Waals surface area contributed by atoms with Crippen molar-refractivity contribution < 1.29 is 8.78 Å². The summed E-state index contributed by atoms with van der Waals surface area (Å²) < 4.78 is 27.9. The molecule has 3 aromatic heterocycles. The van der Waals surface area contributed by atoms with Gasteiger partial charge in [0.2, 0.25) is 0 Å². The van der Waals surface area contributed by atoms with E-state index in [1.165, 1.54) is 21.8 Å². The van der Waals surface area contributed by atoms with Crippen LogP contribution in [0.3, 0.4) is 0 Å². The smallest absolute Gasteiger partial charge is 0.300 e. The van der Waals surface area contributed by atoms with E-state index >= 15 is 0 Å². The maximum absolute atomic E-state index is 13.6. The number of aromatic nitrogens is 4. The quantitative estimate of drug-likeness (QED) is 0.679. The van der Waals surface area contributed by atoms with Crippen molar-refractivity contribution in [3.05, 3.63) is 52.7 Å². The molecule has 0 aliphatic heterocycles. The molecule has 0 radical (unpaired) electrons. The molecule has 0 saturated carbocycles. The van der Waals surface area contributed by atoms with Gasteiger partial charge in [0.05, 0.1) is 5.39 Å². The van der Waals surface area contributed by atoms with Crippen molar-refractivity contribution in [1.29, 1.82) is 0 Å². The Morgan fingerprint density at radius 2 is 2.04 bits per heavy atom. The van der Waals surface area contributed by atoms with Gasteiger partial charge in [-0.3, -0.25) is 4.98 Å². The summed E-state index contributed by atoms with van der Waals surface area (Å²) in [6.07, 6.45) is 4.35. The minimum absolute atomic E-state index is 0.159. The third-order valence-corrected chi connectivity index (χ3v) is 3.82. The molecule has 23 heavy (non-hydrogen) atoms. The Hall–Kier alpha value is -1.79. The molecule has 0 aromatic carbocycles. The normalized spacial score (nSPS) is 11.7. The second-order valence-corrected chi connectivity index (χ2v) is 6.38. The van der Waals surface area contributed by atoms with Gasteiger partial charge < -0.3 is 5.32 Å². The molecular weight excluding hydrogens is 387 g/mol. The number of fused-ring (bicyclic) bond motifs is 1. The lowest BCUT2D eigenvalue weighted by Crippen LogP contribution is -2.13. The van der Waals surface area contributed by atoms with Gasteiger partial charge in [-0.05, 0) is 33.6 Å². The summed E-state index contributed by atoms with van der Waals surface area (Å²) in [5.74, 6) is 0.519. The predicted octanol–water partition coefficient (Wildman–Crippen LogP) is 3.72. The monoisotopic (exact) mass is 397 g/mol. The lowest BCUT2D eigenvalue weighted by molar-refractivity contribution is 0.0975. The molecule has 118 valence electrons. The molecule has 1 N–H and O–H groups in total. The van der Waals surface area contributed by atoms with Crippen LogP contribution in [0.5, 0.6) is 0 Å². The summed E-state index contributed by atoms with van der Waals surface area (Å²) in [5.41, 5.74) is -2.46. The van der Waals surface area contributed by atoms with Crippen LogP contribution in [0.25, 0.3) is 11.0 Å². The van der Waals surface area contributed by atoms with Gasteiger partial charge in [-0.1, -0.05) is 15.3 Å². The van der Waals surface area contributed by atoms with Crippen LogP contribution >= 0.6 is 25.2 Å². The number of nitrogens with zero attached hydrogens (tertiary/aromatic N) is 4. The summed E-state index contributed by atoms with van der Waals surface area (Å²) in [6, 6.07) is 5.04. The first-order valence-corrected chi connectivity index (χ1v) is 7.93. The highest BCUT2D eigenvalue weighted by atomic mass is 79.9. The minimum Gasteiger partial charge on any atom is -0.365 e. The minimum atomic E-state index is -3.09. The molecule has 3 rings (SSSR count). The number of halogens is 3. The van der Waals surface area contributed by atoms with E-state index in [2.05, 4.69) is 41.2 Å². The van der Waals surface area contributed by atoms with E-state index < -0.39 is 5.66 Å². The van der Waals surface area contributed by atoms with Crippen molar-refractivity contribution in [2.75, 3.05) is 5.32 Å². The first-order valence-electron chi connectivity index (χ1n) is 6.56. The van der Waals surface area contributed by atoms with Gasteiger partial charge in [-0.25, -0.2) is 15.0 Å². The maximum atomic E-state index is 13.6. The van der Waals surface area contributed by atoms with E-state index in [0.29, 0.717) is 22.4 Å². The molecular formula is C14H11BrF2N5P. The number of hydrogen-bond acceptors (Lipinski definition) is 5. The third-order valence-electron chi connectivity index (χ3n) is 3.11. The zero-order valence-corrected chi connectivity index (χ0v) is 14.4. The van der Waals surface area contributed by atoms with Gasteiger partial charge in [-0.15, -0.1) is 0 Å². The fraction of sp³-hybridized carbons (Fsp3) is 0.143. The Morgan fingerprint density at radius 3 is 2.83 bits per heavy atom. The molecule has 0 aliphatic rings. The van der Waals surface area contributed by atoms with E-state index in [9.17, 15) is 8.78 Å². The van der Waals surface area contributed by atoms with E-state index in [-0.39, 0.29) is 12.2 Å². The van der Waals surface area contributed by atoms with Crippen LogP contribution in [0.4, 0.5) is 14.6 Å². The molecule has 9 heteroatoms. The van der Waals surface area contributed by atoms with E-state index in [4.69, 9.17) is 0 Å².